The van der Waals surface area contributed by atoms with E-state index < -0.39 is 5.97 Å². The summed E-state index contributed by atoms with van der Waals surface area (Å²) in [6, 6.07) is 11.0. The minimum Gasteiger partial charge on any atom is -0.496 e. The second kappa shape index (κ2) is 7.40. The van der Waals surface area contributed by atoms with Crippen molar-refractivity contribution >= 4 is 5.97 Å². The van der Waals surface area contributed by atoms with E-state index in [9.17, 15) is 15.0 Å². The molecule has 0 spiro atoms. The molecule has 0 saturated carbocycles. The number of hydrogen-bond donors (Lipinski definition) is 2. The van der Waals surface area contributed by atoms with E-state index in [2.05, 4.69) is 0 Å². The largest absolute Gasteiger partial charge is 0.496 e. The van der Waals surface area contributed by atoms with Crippen LogP contribution < -0.4 is 9.47 Å². The van der Waals surface area contributed by atoms with Crippen LogP contribution in [-0.2, 0) is 13.2 Å². The zero-order chi connectivity index (χ0) is 16.8. The molecule has 6 heteroatoms. The van der Waals surface area contributed by atoms with Crippen LogP contribution in [-0.4, -0.2) is 23.3 Å². The van der Waals surface area contributed by atoms with E-state index in [0.717, 1.165) is 0 Å². The molecule has 0 radical (unpaired) electrons. The number of benzene rings is 2. The molecule has 0 fully saturated rings. The normalized spacial score (nSPS) is 10.0. The summed E-state index contributed by atoms with van der Waals surface area (Å²) in [4.78, 5) is 12.3. The van der Waals surface area contributed by atoms with Gasteiger partial charge in [-0.05, 0) is 47.5 Å². The van der Waals surface area contributed by atoms with Gasteiger partial charge in [-0.1, -0.05) is 0 Å². The standard InChI is InChI=1S/C17H15NO5/c1-22-16-7-13(10-20)12(9-19)6-15(16)17(21)23-14-4-2-11(8-18)3-5-14/h2-7,19-20H,9-10H2,1H3. The van der Waals surface area contributed by atoms with Crippen LogP contribution in [0.3, 0.4) is 0 Å². The smallest absolute Gasteiger partial charge is 0.347 e. The van der Waals surface area contributed by atoms with Crippen molar-refractivity contribution in [1.82, 2.24) is 0 Å². The van der Waals surface area contributed by atoms with E-state index in [0.29, 0.717) is 16.7 Å². The fourth-order valence-corrected chi connectivity index (χ4v) is 2.05. The van der Waals surface area contributed by atoms with E-state index >= 15 is 0 Å². The minimum absolute atomic E-state index is 0.137. The Balaban J connectivity index is 2.32. The number of carbonyl (C=O) groups excluding carboxylic acids is 1. The van der Waals surface area contributed by atoms with Crippen molar-refractivity contribution in [1.29, 1.82) is 5.26 Å². The first-order valence-corrected chi connectivity index (χ1v) is 6.76. The lowest BCUT2D eigenvalue weighted by Crippen LogP contribution is -2.12. The van der Waals surface area contributed by atoms with Gasteiger partial charge in [0.25, 0.3) is 0 Å². The molecule has 0 aromatic heterocycles. The van der Waals surface area contributed by atoms with Crippen molar-refractivity contribution in [2.24, 2.45) is 0 Å². The van der Waals surface area contributed by atoms with Crippen LogP contribution >= 0.6 is 0 Å². The summed E-state index contributed by atoms with van der Waals surface area (Å²) in [5, 5.41) is 27.4. The van der Waals surface area contributed by atoms with Gasteiger partial charge in [0.1, 0.15) is 17.1 Å². The Bertz CT molecular complexity index is 747. The Morgan fingerprint density at radius 1 is 1.13 bits per heavy atom. The Morgan fingerprint density at radius 2 is 1.74 bits per heavy atom. The van der Waals surface area contributed by atoms with E-state index in [1.807, 2.05) is 6.07 Å². The lowest BCUT2D eigenvalue weighted by atomic mass is 10.0. The van der Waals surface area contributed by atoms with Crippen molar-refractivity contribution in [3.63, 3.8) is 0 Å². The maximum absolute atomic E-state index is 12.3. The molecule has 0 aliphatic rings. The van der Waals surface area contributed by atoms with Gasteiger partial charge in [-0.3, -0.25) is 0 Å². The number of nitrogens with zero attached hydrogens (tertiary/aromatic N) is 1. The van der Waals surface area contributed by atoms with Gasteiger partial charge >= 0.3 is 5.97 Å². The number of rotatable bonds is 5. The van der Waals surface area contributed by atoms with Crippen molar-refractivity contribution in [3.05, 3.63) is 58.7 Å². The van der Waals surface area contributed by atoms with Gasteiger partial charge in [0.2, 0.25) is 0 Å². The predicted octanol–water partition coefficient (Wildman–Crippen LogP) is 1.77. The molecule has 2 rings (SSSR count). The minimum atomic E-state index is -0.661. The van der Waals surface area contributed by atoms with Gasteiger partial charge in [-0.25, -0.2) is 4.79 Å². The van der Waals surface area contributed by atoms with E-state index in [-0.39, 0.29) is 30.3 Å². The second-order valence-electron chi connectivity index (χ2n) is 4.66. The quantitative estimate of drug-likeness (QED) is 0.644. The number of esters is 1. The maximum Gasteiger partial charge on any atom is 0.347 e. The molecule has 0 amide bonds. The van der Waals surface area contributed by atoms with Gasteiger partial charge in [0.05, 0.1) is 32.0 Å². The van der Waals surface area contributed by atoms with Gasteiger partial charge in [0, 0.05) is 0 Å². The molecule has 0 heterocycles. The molecule has 2 aromatic rings. The third-order valence-electron chi connectivity index (χ3n) is 3.28. The second-order valence-corrected chi connectivity index (χ2v) is 4.66. The summed E-state index contributed by atoms with van der Waals surface area (Å²) < 4.78 is 10.4. The monoisotopic (exact) mass is 313 g/mol. The Kier molecular flexibility index (Phi) is 5.31. The Morgan fingerprint density at radius 3 is 2.26 bits per heavy atom. The van der Waals surface area contributed by atoms with Gasteiger partial charge in [-0.2, -0.15) is 5.26 Å². The molecule has 0 aliphatic carbocycles. The zero-order valence-electron chi connectivity index (χ0n) is 12.4. The van der Waals surface area contributed by atoms with Crippen molar-refractivity contribution in [2.45, 2.75) is 13.2 Å². The first-order valence-electron chi connectivity index (χ1n) is 6.76. The predicted molar refractivity (Wildman–Crippen MR) is 81.0 cm³/mol. The molecular weight excluding hydrogens is 298 g/mol. The van der Waals surface area contributed by atoms with Gasteiger partial charge in [-0.15, -0.1) is 0 Å². The zero-order valence-corrected chi connectivity index (χ0v) is 12.4. The average molecular weight is 313 g/mol. The Labute approximate surface area is 133 Å². The summed E-state index contributed by atoms with van der Waals surface area (Å²) in [6.07, 6.45) is 0. The summed E-state index contributed by atoms with van der Waals surface area (Å²) >= 11 is 0. The molecule has 0 bridgehead atoms. The summed E-state index contributed by atoms with van der Waals surface area (Å²) in [5.74, 6) is -0.136. The maximum atomic E-state index is 12.3. The topological polar surface area (TPSA) is 99.8 Å². The van der Waals surface area contributed by atoms with Crippen LogP contribution in [0.15, 0.2) is 36.4 Å². The average Bonchev–Trinajstić information content (AvgIpc) is 2.60. The third kappa shape index (κ3) is 3.66. The molecule has 2 N–H and O–H groups in total. The number of hydrogen-bond acceptors (Lipinski definition) is 6. The molecule has 0 unspecified atom stereocenters. The molecule has 2 aromatic carbocycles. The molecule has 0 atom stereocenters. The highest BCUT2D eigenvalue weighted by molar-refractivity contribution is 5.94. The number of ether oxygens (including phenoxy) is 2. The number of aliphatic hydroxyl groups is 2. The van der Waals surface area contributed by atoms with Crippen molar-refractivity contribution < 1.29 is 24.5 Å². The highest BCUT2D eigenvalue weighted by atomic mass is 16.5. The van der Waals surface area contributed by atoms with Crippen LogP contribution in [0.2, 0.25) is 0 Å². The third-order valence-corrected chi connectivity index (χ3v) is 3.28. The lowest BCUT2D eigenvalue weighted by molar-refractivity contribution is 0.0731. The van der Waals surface area contributed by atoms with E-state index in [1.165, 1.54) is 43.5 Å². The van der Waals surface area contributed by atoms with Crippen molar-refractivity contribution in [3.8, 4) is 17.6 Å². The van der Waals surface area contributed by atoms with Crippen LogP contribution in [0.1, 0.15) is 27.0 Å². The Hall–Kier alpha value is -2.88. The van der Waals surface area contributed by atoms with Gasteiger partial charge in [0.15, 0.2) is 0 Å². The fraction of sp³-hybridized carbons (Fsp3) is 0.176. The van der Waals surface area contributed by atoms with Crippen molar-refractivity contribution in [2.75, 3.05) is 7.11 Å². The van der Waals surface area contributed by atoms with Gasteiger partial charge < -0.3 is 19.7 Å². The van der Waals surface area contributed by atoms with E-state index in [4.69, 9.17) is 14.7 Å². The van der Waals surface area contributed by atoms with E-state index in [1.54, 1.807) is 0 Å². The van der Waals surface area contributed by atoms with Crippen LogP contribution in [0.5, 0.6) is 11.5 Å². The highest BCUT2D eigenvalue weighted by Crippen LogP contribution is 2.26. The molecule has 23 heavy (non-hydrogen) atoms. The molecule has 0 saturated heterocycles. The SMILES string of the molecule is COc1cc(CO)c(CO)cc1C(=O)Oc1ccc(C#N)cc1. The summed E-state index contributed by atoms with van der Waals surface area (Å²) in [7, 11) is 1.40. The first kappa shape index (κ1) is 16.5. The number of nitriles is 1. The van der Waals surface area contributed by atoms with Crippen LogP contribution in [0.25, 0.3) is 0 Å². The fourth-order valence-electron chi connectivity index (χ4n) is 2.05. The molecular formula is C17H15NO5. The molecule has 6 nitrogen and oxygen atoms in total. The number of carbonyl (C=O) groups is 1. The molecule has 0 aliphatic heterocycles. The first-order chi connectivity index (χ1) is 11.1. The highest BCUT2D eigenvalue weighted by Gasteiger charge is 2.18. The van der Waals surface area contributed by atoms with Crippen LogP contribution in [0.4, 0.5) is 0 Å². The number of aliphatic hydroxyl groups excluding tert-OH is 2. The summed E-state index contributed by atoms with van der Waals surface area (Å²) in [5.41, 5.74) is 1.48. The lowest BCUT2D eigenvalue weighted by Gasteiger charge is -2.13. The van der Waals surface area contributed by atoms with Crippen LogP contribution in [0, 0.1) is 11.3 Å². The summed E-state index contributed by atoms with van der Waals surface area (Å²) in [6.45, 7) is -0.603. The number of methoxy groups -OCH3 is 1. The molecule has 118 valence electrons.